The summed E-state index contributed by atoms with van der Waals surface area (Å²) in [6.45, 7) is 10.9. The largest absolute Gasteiger partial charge is 0.490 e. The van der Waals surface area contributed by atoms with Crippen molar-refractivity contribution < 1.29 is 9.47 Å². The lowest BCUT2D eigenvalue weighted by Gasteiger charge is -2.16. The summed E-state index contributed by atoms with van der Waals surface area (Å²) < 4.78 is 12.6. The van der Waals surface area contributed by atoms with Gasteiger partial charge in [-0.15, -0.1) is 0 Å². The fourth-order valence-corrected chi connectivity index (χ4v) is 5.11. The van der Waals surface area contributed by atoms with Crippen LogP contribution in [-0.2, 0) is 6.42 Å². The van der Waals surface area contributed by atoms with Crippen molar-refractivity contribution in [1.29, 1.82) is 0 Å². The van der Waals surface area contributed by atoms with Gasteiger partial charge in [-0.2, -0.15) is 0 Å². The molecule has 0 aromatic heterocycles. The van der Waals surface area contributed by atoms with Crippen LogP contribution in [0.25, 0.3) is 0 Å². The first-order chi connectivity index (χ1) is 16.2. The average molecular weight is 459 g/mol. The molecular weight excluding hydrogens is 404 g/mol. The average Bonchev–Trinajstić information content (AvgIpc) is 3.09. The first-order valence-electron chi connectivity index (χ1n) is 14.6. The molecule has 2 unspecified atom stereocenters. The number of ether oxygens (including phenoxy) is 2. The fraction of sp³-hybridized carbons (Fsp3) is 0.806. The molecule has 190 valence electrons. The molecule has 1 aliphatic rings. The van der Waals surface area contributed by atoms with Gasteiger partial charge in [0, 0.05) is 0 Å². The highest BCUT2D eigenvalue weighted by atomic mass is 16.5. The summed E-state index contributed by atoms with van der Waals surface area (Å²) in [5, 5.41) is 0. The van der Waals surface area contributed by atoms with Crippen molar-refractivity contribution in [2.45, 2.75) is 143 Å². The van der Waals surface area contributed by atoms with Crippen LogP contribution in [0.2, 0.25) is 0 Å². The van der Waals surface area contributed by atoms with Crippen LogP contribution in [0.5, 0.6) is 11.5 Å². The van der Waals surface area contributed by atoms with E-state index in [0.717, 1.165) is 37.6 Å². The Kier molecular flexibility index (Phi) is 14.7. The Morgan fingerprint density at radius 3 is 1.52 bits per heavy atom. The predicted molar refractivity (Wildman–Crippen MR) is 144 cm³/mol. The molecule has 0 heterocycles. The molecule has 0 saturated heterocycles. The van der Waals surface area contributed by atoms with E-state index < -0.39 is 0 Å². The van der Waals surface area contributed by atoms with Crippen molar-refractivity contribution in [2.24, 2.45) is 5.92 Å². The molecule has 1 aromatic rings. The van der Waals surface area contributed by atoms with Crippen LogP contribution in [0.4, 0.5) is 0 Å². The molecule has 1 aliphatic carbocycles. The van der Waals surface area contributed by atoms with Gasteiger partial charge in [0.2, 0.25) is 0 Å². The van der Waals surface area contributed by atoms with E-state index in [2.05, 4.69) is 39.8 Å². The quantitative estimate of drug-likeness (QED) is 0.181. The maximum Gasteiger partial charge on any atom is 0.161 e. The van der Waals surface area contributed by atoms with Gasteiger partial charge in [0.15, 0.2) is 11.5 Å². The molecule has 33 heavy (non-hydrogen) atoms. The van der Waals surface area contributed by atoms with Crippen LogP contribution in [0, 0.1) is 5.92 Å². The van der Waals surface area contributed by atoms with Crippen LogP contribution in [0.15, 0.2) is 12.1 Å². The Labute approximate surface area is 206 Å². The minimum atomic E-state index is 0.618. The lowest BCUT2D eigenvalue weighted by molar-refractivity contribution is 0.258. The molecule has 0 bridgehead atoms. The van der Waals surface area contributed by atoms with Crippen LogP contribution < -0.4 is 9.47 Å². The molecule has 0 radical (unpaired) electrons. The number of benzene rings is 1. The van der Waals surface area contributed by atoms with E-state index in [0.29, 0.717) is 11.8 Å². The maximum absolute atomic E-state index is 6.30. The number of unbranched alkanes of at least 4 members (excludes halogenated alkanes) is 14. The number of hydrogen-bond acceptors (Lipinski definition) is 2. The summed E-state index contributed by atoms with van der Waals surface area (Å²) in [4.78, 5) is 0. The second-order valence-corrected chi connectivity index (χ2v) is 10.6. The highest BCUT2D eigenvalue weighted by molar-refractivity contribution is 5.50. The number of hydrogen-bond donors (Lipinski definition) is 0. The van der Waals surface area contributed by atoms with Crippen molar-refractivity contribution in [3.05, 3.63) is 23.3 Å². The van der Waals surface area contributed by atoms with E-state index in [9.17, 15) is 0 Å². The molecule has 2 heteroatoms. The van der Waals surface area contributed by atoms with Gasteiger partial charge in [-0.1, -0.05) is 118 Å². The summed E-state index contributed by atoms with van der Waals surface area (Å²) in [5.41, 5.74) is 2.95. The van der Waals surface area contributed by atoms with E-state index in [1.54, 1.807) is 0 Å². The lowest BCUT2D eigenvalue weighted by atomic mass is 9.96. The highest BCUT2D eigenvalue weighted by Gasteiger charge is 2.27. The molecule has 2 atom stereocenters. The number of fused-ring (bicyclic) bond motifs is 1. The lowest BCUT2D eigenvalue weighted by Crippen LogP contribution is -2.04. The molecular formula is C31H54O2. The molecule has 0 fully saturated rings. The zero-order valence-electron chi connectivity index (χ0n) is 22.6. The van der Waals surface area contributed by atoms with Crippen molar-refractivity contribution in [3.63, 3.8) is 0 Å². The summed E-state index contributed by atoms with van der Waals surface area (Å²) in [5.74, 6) is 3.30. The summed E-state index contributed by atoms with van der Waals surface area (Å²) in [6, 6.07) is 4.60. The molecule has 0 spiro atoms. The smallest absolute Gasteiger partial charge is 0.161 e. The van der Waals surface area contributed by atoms with Crippen molar-refractivity contribution in [3.8, 4) is 11.5 Å². The summed E-state index contributed by atoms with van der Waals surface area (Å²) in [7, 11) is 0. The Morgan fingerprint density at radius 2 is 1.03 bits per heavy atom. The Balaban J connectivity index is 1.75. The van der Waals surface area contributed by atoms with E-state index in [1.165, 1.54) is 107 Å². The van der Waals surface area contributed by atoms with Gasteiger partial charge in [-0.05, 0) is 54.4 Å². The monoisotopic (exact) mass is 458 g/mol. The minimum Gasteiger partial charge on any atom is -0.490 e. The van der Waals surface area contributed by atoms with Crippen LogP contribution in [0.1, 0.15) is 147 Å². The zero-order valence-corrected chi connectivity index (χ0v) is 22.6. The zero-order chi connectivity index (χ0) is 23.7. The van der Waals surface area contributed by atoms with E-state index in [1.807, 2.05) is 0 Å². The van der Waals surface area contributed by atoms with E-state index in [-0.39, 0.29) is 0 Å². The molecule has 1 aromatic carbocycles. The van der Waals surface area contributed by atoms with Crippen LogP contribution in [-0.4, -0.2) is 13.2 Å². The van der Waals surface area contributed by atoms with Crippen molar-refractivity contribution >= 4 is 0 Å². The van der Waals surface area contributed by atoms with Gasteiger partial charge in [-0.25, -0.2) is 0 Å². The second-order valence-electron chi connectivity index (χ2n) is 10.6. The Hall–Kier alpha value is -1.18. The minimum absolute atomic E-state index is 0.618. The molecule has 0 aliphatic heterocycles. The third kappa shape index (κ3) is 10.7. The molecule has 0 amide bonds. The highest BCUT2D eigenvalue weighted by Crippen LogP contribution is 2.43. The van der Waals surface area contributed by atoms with Gasteiger partial charge in [0.25, 0.3) is 0 Å². The SMILES string of the molecule is CCCCCCCCCCOc1cc2c(cc1OCCCCCCCCCC)C(C)C(C)C2. The fourth-order valence-electron chi connectivity index (χ4n) is 5.11. The predicted octanol–water partition coefficient (Wildman–Crippen LogP) is 10.0. The first-order valence-corrected chi connectivity index (χ1v) is 14.6. The molecule has 0 N–H and O–H groups in total. The van der Waals surface area contributed by atoms with Gasteiger partial charge in [0.05, 0.1) is 13.2 Å². The van der Waals surface area contributed by atoms with Gasteiger partial charge >= 0.3 is 0 Å². The van der Waals surface area contributed by atoms with Gasteiger partial charge in [-0.3, -0.25) is 0 Å². The standard InChI is InChI=1S/C31H54O2/c1-5-7-9-11-13-15-17-19-21-32-30-24-28-23-26(3)27(4)29(28)25-31(30)33-22-20-18-16-14-12-10-8-6-2/h24-27H,5-23H2,1-4H3. The van der Waals surface area contributed by atoms with E-state index in [4.69, 9.17) is 9.47 Å². The van der Waals surface area contributed by atoms with E-state index >= 15 is 0 Å². The third-order valence-corrected chi connectivity index (χ3v) is 7.60. The van der Waals surface area contributed by atoms with Crippen molar-refractivity contribution in [1.82, 2.24) is 0 Å². The Morgan fingerprint density at radius 1 is 0.606 bits per heavy atom. The van der Waals surface area contributed by atoms with Crippen LogP contribution in [0.3, 0.4) is 0 Å². The first kappa shape index (κ1) is 28.1. The van der Waals surface area contributed by atoms with Crippen LogP contribution >= 0.6 is 0 Å². The normalized spacial score (nSPS) is 17.3. The summed E-state index contributed by atoms with van der Waals surface area (Å²) >= 11 is 0. The molecule has 2 nitrogen and oxygen atoms in total. The van der Waals surface area contributed by atoms with Gasteiger partial charge in [0.1, 0.15) is 0 Å². The Bertz CT molecular complexity index is 624. The topological polar surface area (TPSA) is 18.5 Å². The third-order valence-electron chi connectivity index (χ3n) is 7.60. The van der Waals surface area contributed by atoms with Crippen molar-refractivity contribution in [2.75, 3.05) is 13.2 Å². The second kappa shape index (κ2) is 17.3. The molecule has 0 saturated carbocycles. The summed E-state index contributed by atoms with van der Waals surface area (Å²) in [6.07, 6.45) is 22.5. The van der Waals surface area contributed by atoms with Gasteiger partial charge < -0.3 is 9.47 Å². The maximum atomic E-state index is 6.30. The number of rotatable bonds is 20. The molecule has 2 rings (SSSR count).